The Morgan fingerprint density at radius 2 is 1.89 bits per heavy atom. The second-order valence-corrected chi connectivity index (χ2v) is 5.28. The fourth-order valence-corrected chi connectivity index (χ4v) is 2.18. The molecule has 1 aromatic rings. The van der Waals surface area contributed by atoms with E-state index in [1.165, 1.54) is 0 Å². The molecule has 19 heavy (non-hydrogen) atoms. The number of halogens is 3. The molecule has 1 rings (SSSR count). The number of nitrogens with zero attached hydrogens (tertiary/aromatic N) is 1. The fraction of sp³-hybridized carbons (Fsp3) is 0.786. The van der Waals surface area contributed by atoms with Crippen molar-refractivity contribution in [2.45, 2.75) is 65.0 Å². The molecule has 110 valence electrons. The Morgan fingerprint density at radius 1 is 1.21 bits per heavy atom. The molecule has 0 saturated carbocycles. The van der Waals surface area contributed by atoms with E-state index < -0.39 is 11.9 Å². The van der Waals surface area contributed by atoms with Crippen molar-refractivity contribution in [3.05, 3.63) is 17.5 Å². The molecular weight excluding hydrogens is 253 g/mol. The molecular formula is C14H23F3N2. The molecule has 0 aromatic carbocycles. The standard InChI is InChI=1S/C14H23F3N2/c1-4-6-11(8-7-10(3)5-2)12-9-13(19-18-12)14(15,16)17/h9-11H,4-8H2,1-3H3,(H,18,19). The highest BCUT2D eigenvalue weighted by Gasteiger charge is 2.34. The zero-order chi connectivity index (χ0) is 14.5. The van der Waals surface area contributed by atoms with Crippen molar-refractivity contribution in [3.8, 4) is 0 Å². The molecule has 0 aliphatic carbocycles. The van der Waals surface area contributed by atoms with Gasteiger partial charge in [0.1, 0.15) is 0 Å². The first-order chi connectivity index (χ1) is 8.88. The Labute approximate surface area is 112 Å². The number of hydrogen-bond donors (Lipinski definition) is 1. The largest absolute Gasteiger partial charge is 0.435 e. The molecule has 1 heterocycles. The molecule has 0 saturated heterocycles. The molecule has 2 nitrogen and oxygen atoms in total. The van der Waals surface area contributed by atoms with Gasteiger partial charge < -0.3 is 0 Å². The van der Waals surface area contributed by atoms with Gasteiger partial charge in [0.25, 0.3) is 0 Å². The number of nitrogens with one attached hydrogen (secondary N) is 1. The lowest BCUT2D eigenvalue weighted by Crippen LogP contribution is -2.05. The van der Waals surface area contributed by atoms with Crippen LogP contribution in [0.15, 0.2) is 6.07 Å². The van der Waals surface area contributed by atoms with Gasteiger partial charge in [0.2, 0.25) is 0 Å². The van der Waals surface area contributed by atoms with Crippen LogP contribution in [-0.2, 0) is 6.18 Å². The first-order valence-electron chi connectivity index (χ1n) is 7.00. The molecule has 0 aliphatic rings. The van der Waals surface area contributed by atoms with Crippen LogP contribution in [0.4, 0.5) is 13.2 Å². The maximum atomic E-state index is 12.5. The second kappa shape index (κ2) is 6.96. The van der Waals surface area contributed by atoms with Crippen molar-refractivity contribution in [2.24, 2.45) is 5.92 Å². The van der Waals surface area contributed by atoms with Gasteiger partial charge in [0.15, 0.2) is 5.69 Å². The Balaban J connectivity index is 2.73. The second-order valence-electron chi connectivity index (χ2n) is 5.28. The smallest absolute Gasteiger partial charge is 0.282 e. The lowest BCUT2D eigenvalue weighted by molar-refractivity contribution is -0.141. The van der Waals surface area contributed by atoms with Crippen molar-refractivity contribution in [2.75, 3.05) is 0 Å². The lowest BCUT2D eigenvalue weighted by atomic mass is 9.90. The van der Waals surface area contributed by atoms with Gasteiger partial charge in [-0.3, -0.25) is 5.10 Å². The summed E-state index contributed by atoms with van der Waals surface area (Å²) in [6.07, 6.45) is 0.573. The van der Waals surface area contributed by atoms with Crippen LogP contribution < -0.4 is 0 Å². The molecule has 1 N–H and O–H groups in total. The summed E-state index contributed by atoms with van der Waals surface area (Å²) in [5.41, 5.74) is -0.190. The van der Waals surface area contributed by atoms with E-state index >= 15 is 0 Å². The van der Waals surface area contributed by atoms with Gasteiger partial charge in [-0.25, -0.2) is 0 Å². The zero-order valence-electron chi connectivity index (χ0n) is 11.8. The van der Waals surface area contributed by atoms with Gasteiger partial charge in [0.05, 0.1) is 0 Å². The summed E-state index contributed by atoms with van der Waals surface area (Å²) in [4.78, 5) is 0. The molecule has 2 atom stereocenters. The predicted molar refractivity (Wildman–Crippen MR) is 69.9 cm³/mol. The number of aromatic nitrogens is 2. The third kappa shape index (κ3) is 4.88. The Morgan fingerprint density at radius 3 is 2.37 bits per heavy atom. The van der Waals surface area contributed by atoms with Crippen LogP contribution in [0.1, 0.15) is 70.2 Å². The molecule has 5 heteroatoms. The third-order valence-electron chi connectivity index (χ3n) is 3.67. The zero-order valence-corrected chi connectivity index (χ0v) is 11.8. The first-order valence-corrected chi connectivity index (χ1v) is 7.00. The maximum absolute atomic E-state index is 12.5. The molecule has 0 bridgehead atoms. The molecule has 0 fully saturated rings. The number of H-pyrrole nitrogens is 1. The van der Waals surface area contributed by atoms with Gasteiger partial charge in [0, 0.05) is 11.6 Å². The van der Waals surface area contributed by atoms with E-state index in [4.69, 9.17) is 0 Å². The summed E-state index contributed by atoms with van der Waals surface area (Å²) in [7, 11) is 0. The highest BCUT2D eigenvalue weighted by atomic mass is 19.4. The van der Waals surface area contributed by atoms with Crippen molar-refractivity contribution in [3.63, 3.8) is 0 Å². The summed E-state index contributed by atoms with van der Waals surface area (Å²) in [6, 6.07) is 1.16. The van der Waals surface area contributed by atoms with E-state index in [2.05, 4.69) is 31.0 Å². The maximum Gasteiger partial charge on any atom is 0.435 e. The molecule has 2 unspecified atom stereocenters. The summed E-state index contributed by atoms with van der Waals surface area (Å²) >= 11 is 0. The summed E-state index contributed by atoms with van der Waals surface area (Å²) in [6.45, 7) is 6.37. The van der Waals surface area contributed by atoms with Crippen molar-refractivity contribution >= 4 is 0 Å². The van der Waals surface area contributed by atoms with Crippen LogP contribution in [0.25, 0.3) is 0 Å². The summed E-state index contributed by atoms with van der Waals surface area (Å²) < 4.78 is 37.6. The number of rotatable bonds is 7. The quantitative estimate of drug-likeness (QED) is 0.734. The molecule has 1 aromatic heterocycles. The van der Waals surface area contributed by atoms with Gasteiger partial charge in [-0.1, -0.05) is 40.0 Å². The van der Waals surface area contributed by atoms with Gasteiger partial charge in [-0.15, -0.1) is 0 Å². The Bertz CT molecular complexity index is 371. The minimum absolute atomic E-state index is 0.155. The molecule has 0 spiro atoms. The van der Waals surface area contributed by atoms with Crippen LogP contribution in [-0.4, -0.2) is 10.2 Å². The van der Waals surface area contributed by atoms with Crippen LogP contribution in [0, 0.1) is 5.92 Å². The van der Waals surface area contributed by atoms with Gasteiger partial charge >= 0.3 is 6.18 Å². The number of alkyl halides is 3. The van der Waals surface area contributed by atoms with Crippen LogP contribution in [0.5, 0.6) is 0 Å². The van der Waals surface area contributed by atoms with Crippen LogP contribution >= 0.6 is 0 Å². The van der Waals surface area contributed by atoms with E-state index in [-0.39, 0.29) is 5.92 Å². The minimum Gasteiger partial charge on any atom is -0.282 e. The third-order valence-corrected chi connectivity index (χ3v) is 3.67. The van der Waals surface area contributed by atoms with Crippen LogP contribution in [0.3, 0.4) is 0 Å². The Hall–Kier alpha value is -1.00. The van der Waals surface area contributed by atoms with Crippen molar-refractivity contribution < 1.29 is 13.2 Å². The van der Waals surface area contributed by atoms with Crippen LogP contribution in [0.2, 0.25) is 0 Å². The first kappa shape index (κ1) is 16.1. The molecule has 0 amide bonds. The predicted octanol–water partition coefficient (Wildman–Crippen LogP) is 5.14. The fourth-order valence-electron chi connectivity index (χ4n) is 2.18. The highest BCUT2D eigenvalue weighted by Crippen LogP contribution is 2.32. The van der Waals surface area contributed by atoms with Gasteiger partial charge in [-0.2, -0.15) is 18.3 Å². The monoisotopic (exact) mass is 276 g/mol. The van der Waals surface area contributed by atoms with E-state index in [1.54, 1.807) is 0 Å². The molecule has 0 radical (unpaired) electrons. The lowest BCUT2D eigenvalue weighted by Gasteiger charge is -2.16. The summed E-state index contributed by atoms with van der Waals surface area (Å²) in [5.74, 6) is 0.770. The Kier molecular flexibility index (Phi) is 5.88. The van der Waals surface area contributed by atoms with Crippen molar-refractivity contribution in [1.29, 1.82) is 0 Å². The van der Waals surface area contributed by atoms with E-state index in [0.717, 1.165) is 38.2 Å². The van der Waals surface area contributed by atoms with E-state index in [0.29, 0.717) is 11.6 Å². The number of hydrogen-bond acceptors (Lipinski definition) is 1. The van der Waals surface area contributed by atoms with E-state index in [1.807, 2.05) is 0 Å². The average Bonchev–Trinajstić information content (AvgIpc) is 2.83. The van der Waals surface area contributed by atoms with Gasteiger partial charge in [-0.05, 0) is 24.8 Å². The highest BCUT2D eigenvalue weighted by molar-refractivity contribution is 5.15. The minimum atomic E-state index is -4.36. The van der Waals surface area contributed by atoms with Crippen molar-refractivity contribution in [1.82, 2.24) is 10.2 Å². The normalized spacial score (nSPS) is 15.5. The SMILES string of the molecule is CCCC(CCC(C)CC)c1cc(C(F)(F)F)n[nH]1. The topological polar surface area (TPSA) is 28.7 Å². The number of aromatic amines is 1. The van der Waals surface area contributed by atoms with E-state index in [9.17, 15) is 13.2 Å². The average molecular weight is 276 g/mol. The summed E-state index contributed by atoms with van der Waals surface area (Å²) in [5, 5.41) is 5.96. The molecule has 0 aliphatic heterocycles.